The molecular formula is C14H18BrFN2O2. The molecule has 0 amide bonds. The van der Waals surface area contributed by atoms with Crippen molar-refractivity contribution >= 4 is 27.3 Å². The molecule has 2 rings (SSSR count). The Hall–Kier alpha value is -1.17. The van der Waals surface area contributed by atoms with Crippen molar-refractivity contribution in [3.8, 4) is 0 Å². The minimum Gasteiger partial charge on any atom is -0.379 e. The summed E-state index contributed by atoms with van der Waals surface area (Å²) < 4.78 is 13.6. The van der Waals surface area contributed by atoms with Crippen LogP contribution in [0.5, 0.6) is 0 Å². The van der Waals surface area contributed by atoms with Gasteiger partial charge in [0.25, 0.3) is 5.69 Å². The normalized spacial score (nSPS) is 22.6. The van der Waals surface area contributed by atoms with Gasteiger partial charge < -0.3 is 5.32 Å². The maximum atomic E-state index is 13.4. The van der Waals surface area contributed by atoms with E-state index in [4.69, 9.17) is 0 Å². The molecule has 1 N–H and O–H groups in total. The minimum atomic E-state index is -0.617. The molecule has 0 radical (unpaired) electrons. The highest BCUT2D eigenvalue weighted by Crippen LogP contribution is 2.33. The lowest BCUT2D eigenvalue weighted by atomic mass is 9.82. The van der Waals surface area contributed by atoms with Crippen molar-refractivity contribution in [2.24, 2.45) is 11.8 Å². The highest BCUT2D eigenvalue weighted by atomic mass is 79.9. The molecule has 1 saturated carbocycles. The minimum absolute atomic E-state index is 0.213. The maximum Gasteiger partial charge on any atom is 0.295 e. The van der Waals surface area contributed by atoms with Crippen molar-refractivity contribution in [1.82, 2.24) is 0 Å². The van der Waals surface area contributed by atoms with Gasteiger partial charge in [-0.3, -0.25) is 10.1 Å². The van der Waals surface area contributed by atoms with Crippen molar-refractivity contribution in [1.29, 1.82) is 0 Å². The Labute approximate surface area is 126 Å². The topological polar surface area (TPSA) is 55.2 Å². The fourth-order valence-electron chi connectivity index (χ4n) is 2.83. The smallest absolute Gasteiger partial charge is 0.295 e. The summed E-state index contributed by atoms with van der Waals surface area (Å²) in [7, 11) is 0. The van der Waals surface area contributed by atoms with E-state index in [1.165, 1.54) is 18.9 Å². The molecule has 1 fully saturated rings. The quantitative estimate of drug-likeness (QED) is 0.634. The molecule has 1 aromatic rings. The van der Waals surface area contributed by atoms with Crippen LogP contribution in [0.1, 0.15) is 32.6 Å². The Kier molecular flexibility index (Phi) is 4.96. The number of halogens is 2. The third kappa shape index (κ3) is 3.69. The van der Waals surface area contributed by atoms with Crippen LogP contribution in [0.4, 0.5) is 15.8 Å². The number of nitrogens with one attached hydrogen (secondary N) is 1. The second-order valence-corrected chi connectivity index (χ2v) is 6.41. The van der Waals surface area contributed by atoms with Gasteiger partial charge in [0, 0.05) is 6.54 Å². The number of hydrogen-bond acceptors (Lipinski definition) is 3. The Balaban J connectivity index is 2.08. The third-order valence-electron chi connectivity index (χ3n) is 3.86. The zero-order chi connectivity index (χ0) is 14.7. The van der Waals surface area contributed by atoms with Gasteiger partial charge in [0.05, 0.1) is 15.5 Å². The summed E-state index contributed by atoms with van der Waals surface area (Å²) in [5.41, 5.74) is 0.163. The zero-order valence-corrected chi connectivity index (χ0v) is 13.0. The molecule has 0 saturated heterocycles. The second-order valence-electron chi connectivity index (χ2n) is 5.56. The average molecular weight is 345 g/mol. The summed E-state index contributed by atoms with van der Waals surface area (Å²) in [4.78, 5) is 10.4. The molecule has 1 aromatic carbocycles. The second kappa shape index (κ2) is 6.52. The SMILES string of the molecule is CC1CCCC(CNc2cc(Br)c(F)cc2[N+](=O)[O-])C1. The van der Waals surface area contributed by atoms with Crippen LogP contribution in [-0.2, 0) is 0 Å². The summed E-state index contributed by atoms with van der Waals surface area (Å²) in [6.07, 6.45) is 4.76. The van der Waals surface area contributed by atoms with Gasteiger partial charge in [0.15, 0.2) is 0 Å². The van der Waals surface area contributed by atoms with Crippen molar-refractivity contribution in [2.45, 2.75) is 32.6 Å². The number of benzene rings is 1. The van der Waals surface area contributed by atoms with Gasteiger partial charge in [0.1, 0.15) is 11.5 Å². The lowest BCUT2D eigenvalue weighted by Gasteiger charge is -2.27. The fourth-order valence-corrected chi connectivity index (χ4v) is 3.17. The Morgan fingerprint density at radius 1 is 1.50 bits per heavy atom. The van der Waals surface area contributed by atoms with Gasteiger partial charge in [0.2, 0.25) is 0 Å². The molecule has 0 spiro atoms. The van der Waals surface area contributed by atoms with E-state index in [0.717, 1.165) is 18.9 Å². The van der Waals surface area contributed by atoms with Crippen LogP contribution in [0.25, 0.3) is 0 Å². The third-order valence-corrected chi connectivity index (χ3v) is 4.47. The van der Waals surface area contributed by atoms with E-state index in [2.05, 4.69) is 28.2 Å². The Bertz CT molecular complexity index is 510. The van der Waals surface area contributed by atoms with Crippen molar-refractivity contribution in [3.63, 3.8) is 0 Å². The predicted octanol–water partition coefficient (Wildman–Crippen LogP) is 4.73. The predicted molar refractivity (Wildman–Crippen MR) is 80.4 cm³/mol. The van der Waals surface area contributed by atoms with E-state index in [-0.39, 0.29) is 10.2 Å². The van der Waals surface area contributed by atoms with Crippen molar-refractivity contribution in [2.75, 3.05) is 11.9 Å². The van der Waals surface area contributed by atoms with Gasteiger partial charge >= 0.3 is 0 Å². The largest absolute Gasteiger partial charge is 0.379 e. The average Bonchev–Trinajstić information content (AvgIpc) is 2.39. The summed E-state index contributed by atoms with van der Waals surface area (Å²) >= 11 is 3.07. The van der Waals surface area contributed by atoms with Crippen LogP contribution in [-0.4, -0.2) is 11.5 Å². The summed E-state index contributed by atoms with van der Waals surface area (Å²) in [5, 5.41) is 14.1. The van der Waals surface area contributed by atoms with E-state index < -0.39 is 10.7 Å². The fraction of sp³-hybridized carbons (Fsp3) is 0.571. The van der Waals surface area contributed by atoms with E-state index in [9.17, 15) is 14.5 Å². The van der Waals surface area contributed by atoms with Crippen molar-refractivity contribution < 1.29 is 9.31 Å². The van der Waals surface area contributed by atoms with Crippen molar-refractivity contribution in [3.05, 3.63) is 32.5 Å². The molecule has 4 nitrogen and oxygen atoms in total. The van der Waals surface area contributed by atoms with Crippen LogP contribution >= 0.6 is 15.9 Å². The van der Waals surface area contributed by atoms with Crippen LogP contribution < -0.4 is 5.32 Å². The molecule has 110 valence electrons. The Morgan fingerprint density at radius 3 is 2.90 bits per heavy atom. The first kappa shape index (κ1) is 15.2. The molecule has 0 aromatic heterocycles. The maximum absolute atomic E-state index is 13.4. The highest BCUT2D eigenvalue weighted by Gasteiger charge is 2.21. The first-order valence-corrected chi connectivity index (χ1v) is 7.64. The molecule has 2 atom stereocenters. The number of anilines is 1. The van der Waals surface area contributed by atoms with Gasteiger partial charge in [-0.1, -0.05) is 19.8 Å². The number of nitro benzene ring substituents is 1. The van der Waals surface area contributed by atoms with Crippen LogP contribution in [0.15, 0.2) is 16.6 Å². The zero-order valence-electron chi connectivity index (χ0n) is 11.4. The van der Waals surface area contributed by atoms with Gasteiger partial charge in [-0.05, 0) is 46.7 Å². The molecular weight excluding hydrogens is 327 g/mol. The molecule has 0 heterocycles. The van der Waals surface area contributed by atoms with E-state index in [0.29, 0.717) is 24.1 Å². The number of rotatable bonds is 4. The molecule has 1 aliphatic rings. The number of nitrogens with zero attached hydrogens (tertiary/aromatic N) is 1. The first-order valence-electron chi connectivity index (χ1n) is 6.84. The van der Waals surface area contributed by atoms with Crippen LogP contribution in [0, 0.1) is 27.8 Å². The van der Waals surface area contributed by atoms with E-state index in [1.54, 1.807) is 0 Å². The molecule has 2 unspecified atom stereocenters. The summed E-state index contributed by atoms with van der Waals surface area (Å²) in [5.74, 6) is 0.626. The highest BCUT2D eigenvalue weighted by molar-refractivity contribution is 9.10. The van der Waals surface area contributed by atoms with E-state index >= 15 is 0 Å². The molecule has 0 bridgehead atoms. The number of nitro groups is 1. The van der Waals surface area contributed by atoms with Gasteiger partial charge in [-0.2, -0.15) is 0 Å². The van der Waals surface area contributed by atoms with Crippen LogP contribution in [0.3, 0.4) is 0 Å². The standard InChI is InChI=1S/C14H18BrFN2O2/c1-9-3-2-4-10(5-9)8-17-13-6-11(15)12(16)7-14(13)18(19)20/h6-7,9-10,17H,2-5,8H2,1H3. The summed E-state index contributed by atoms with van der Waals surface area (Å²) in [6, 6.07) is 2.40. The first-order chi connectivity index (χ1) is 9.47. The lowest BCUT2D eigenvalue weighted by Crippen LogP contribution is -2.21. The monoisotopic (exact) mass is 344 g/mol. The lowest BCUT2D eigenvalue weighted by molar-refractivity contribution is -0.384. The molecule has 0 aliphatic heterocycles. The Morgan fingerprint density at radius 2 is 2.25 bits per heavy atom. The molecule has 6 heteroatoms. The molecule has 1 aliphatic carbocycles. The van der Waals surface area contributed by atoms with Gasteiger partial charge in [-0.15, -0.1) is 0 Å². The summed E-state index contributed by atoms with van der Waals surface area (Å²) in [6.45, 7) is 2.94. The molecule has 20 heavy (non-hydrogen) atoms. The van der Waals surface area contributed by atoms with Crippen LogP contribution in [0.2, 0.25) is 0 Å². The number of hydrogen-bond donors (Lipinski definition) is 1. The van der Waals surface area contributed by atoms with Gasteiger partial charge in [-0.25, -0.2) is 4.39 Å². The van der Waals surface area contributed by atoms with E-state index in [1.807, 2.05) is 0 Å².